The molecule has 0 saturated heterocycles. The molecule has 1 fully saturated rings. The topological polar surface area (TPSA) is 57.6 Å². The number of rotatable bonds is 4. The van der Waals surface area contributed by atoms with Crippen molar-refractivity contribution in [2.24, 2.45) is 0 Å². The zero-order valence-corrected chi connectivity index (χ0v) is 9.79. The van der Waals surface area contributed by atoms with Crippen LogP contribution >= 0.6 is 11.3 Å². The Balaban J connectivity index is 2.13. The lowest BCUT2D eigenvalue weighted by molar-refractivity contribution is -0.137. The fourth-order valence-electron chi connectivity index (χ4n) is 1.59. The van der Waals surface area contributed by atoms with Gasteiger partial charge in [0.15, 0.2) is 0 Å². The second-order valence-electron chi connectivity index (χ2n) is 3.97. The number of aliphatic carboxylic acids is 1. The maximum Gasteiger partial charge on any atom is 0.323 e. The molecule has 1 heterocycles. The molecule has 1 N–H and O–H groups in total. The summed E-state index contributed by atoms with van der Waals surface area (Å²) >= 11 is 1.41. The van der Waals surface area contributed by atoms with Crippen LogP contribution in [0.15, 0.2) is 12.1 Å². The van der Waals surface area contributed by atoms with Gasteiger partial charge >= 0.3 is 5.97 Å². The minimum Gasteiger partial charge on any atom is -0.480 e. The van der Waals surface area contributed by atoms with Gasteiger partial charge in [-0.2, -0.15) is 0 Å². The van der Waals surface area contributed by atoms with Gasteiger partial charge in [-0.3, -0.25) is 9.59 Å². The van der Waals surface area contributed by atoms with Crippen molar-refractivity contribution in [2.75, 3.05) is 6.54 Å². The average Bonchev–Trinajstić information content (AvgIpc) is 2.96. The zero-order chi connectivity index (χ0) is 11.7. The molecule has 1 aliphatic rings. The van der Waals surface area contributed by atoms with Crippen molar-refractivity contribution in [2.45, 2.75) is 25.8 Å². The van der Waals surface area contributed by atoms with Gasteiger partial charge in [0.05, 0.1) is 4.88 Å². The normalized spacial score (nSPS) is 14.8. The van der Waals surface area contributed by atoms with E-state index in [1.165, 1.54) is 16.2 Å². The minimum absolute atomic E-state index is 0.131. The molecule has 4 nitrogen and oxygen atoms in total. The monoisotopic (exact) mass is 239 g/mol. The van der Waals surface area contributed by atoms with E-state index in [2.05, 4.69) is 0 Å². The smallest absolute Gasteiger partial charge is 0.323 e. The van der Waals surface area contributed by atoms with Crippen LogP contribution in [0.25, 0.3) is 0 Å². The van der Waals surface area contributed by atoms with Crippen LogP contribution in [0.4, 0.5) is 0 Å². The Kier molecular flexibility index (Phi) is 2.96. The number of hydrogen-bond acceptors (Lipinski definition) is 3. The zero-order valence-electron chi connectivity index (χ0n) is 8.97. The molecule has 1 aliphatic carbocycles. The van der Waals surface area contributed by atoms with Crippen molar-refractivity contribution >= 4 is 23.2 Å². The molecule has 1 aromatic rings. The van der Waals surface area contributed by atoms with Crippen molar-refractivity contribution < 1.29 is 14.7 Å². The Morgan fingerprint density at radius 2 is 2.19 bits per heavy atom. The van der Waals surface area contributed by atoms with Crippen molar-refractivity contribution in [3.05, 3.63) is 21.9 Å². The standard InChI is InChI=1S/C11H13NO3S/c1-7-2-5-9(16-7)11(15)12(6-10(13)14)8-3-4-8/h2,5,8H,3-4,6H2,1H3,(H,13,14). The lowest BCUT2D eigenvalue weighted by atomic mass is 10.3. The van der Waals surface area contributed by atoms with Gasteiger partial charge < -0.3 is 10.0 Å². The van der Waals surface area contributed by atoms with Crippen molar-refractivity contribution in [3.63, 3.8) is 0 Å². The molecule has 0 aliphatic heterocycles. The number of aryl methyl sites for hydroxylation is 1. The van der Waals surface area contributed by atoms with Crippen LogP contribution in [0.3, 0.4) is 0 Å². The molecule has 0 unspecified atom stereocenters. The maximum atomic E-state index is 12.0. The second-order valence-corrected chi connectivity index (χ2v) is 5.26. The van der Waals surface area contributed by atoms with Gasteiger partial charge in [0.1, 0.15) is 6.54 Å². The number of carboxylic acid groups (broad SMARTS) is 1. The van der Waals surface area contributed by atoms with Gasteiger partial charge in [-0.05, 0) is 31.9 Å². The fraction of sp³-hybridized carbons (Fsp3) is 0.455. The lowest BCUT2D eigenvalue weighted by Crippen LogP contribution is -2.37. The van der Waals surface area contributed by atoms with Crippen LogP contribution in [0.1, 0.15) is 27.4 Å². The first kappa shape index (κ1) is 11.1. The Morgan fingerprint density at radius 3 is 2.62 bits per heavy atom. The highest BCUT2D eigenvalue weighted by Crippen LogP contribution is 2.29. The van der Waals surface area contributed by atoms with Crippen LogP contribution in [0.5, 0.6) is 0 Å². The number of nitrogens with zero attached hydrogens (tertiary/aromatic N) is 1. The number of carbonyl (C=O) groups excluding carboxylic acids is 1. The third-order valence-corrected chi connectivity index (χ3v) is 3.49. The van der Waals surface area contributed by atoms with E-state index < -0.39 is 5.97 Å². The van der Waals surface area contributed by atoms with Gasteiger partial charge in [0.2, 0.25) is 0 Å². The van der Waals surface area contributed by atoms with Crippen LogP contribution in [0.2, 0.25) is 0 Å². The third-order valence-electron chi connectivity index (χ3n) is 2.51. The Bertz CT molecular complexity index is 423. The number of amides is 1. The van der Waals surface area contributed by atoms with Crippen LogP contribution in [0, 0.1) is 6.92 Å². The van der Waals surface area contributed by atoms with Gasteiger partial charge in [-0.1, -0.05) is 0 Å². The first-order valence-corrected chi connectivity index (χ1v) is 5.99. The van der Waals surface area contributed by atoms with Crippen molar-refractivity contribution in [1.29, 1.82) is 0 Å². The summed E-state index contributed by atoms with van der Waals surface area (Å²) in [6.07, 6.45) is 1.84. The molecule has 16 heavy (non-hydrogen) atoms. The molecule has 0 radical (unpaired) electrons. The molecular weight excluding hydrogens is 226 g/mol. The summed E-state index contributed by atoms with van der Waals surface area (Å²) in [7, 11) is 0. The van der Waals surface area contributed by atoms with Gasteiger partial charge in [-0.25, -0.2) is 0 Å². The Hall–Kier alpha value is -1.36. The molecule has 0 bridgehead atoms. The minimum atomic E-state index is -0.950. The second kappa shape index (κ2) is 4.25. The van der Waals surface area contributed by atoms with E-state index in [4.69, 9.17) is 5.11 Å². The summed E-state index contributed by atoms with van der Waals surface area (Å²) in [5.74, 6) is -1.10. The highest BCUT2D eigenvalue weighted by Gasteiger charge is 2.34. The lowest BCUT2D eigenvalue weighted by Gasteiger charge is -2.19. The number of carbonyl (C=O) groups is 2. The molecule has 5 heteroatoms. The van der Waals surface area contributed by atoms with Gasteiger partial charge in [-0.15, -0.1) is 11.3 Å². The molecule has 2 rings (SSSR count). The van der Waals surface area contributed by atoms with E-state index >= 15 is 0 Å². The number of carboxylic acids is 1. The Labute approximate surface area is 97.5 Å². The summed E-state index contributed by atoms with van der Waals surface area (Å²) in [5.41, 5.74) is 0. The van der Waals surface area contributed by atoms with E-state index in [1.54, 1.807) is 6.07 Å². The van der Waals surface area contributed by atoms with Crippen LogP contribution in [-0.2, 0) is 4.79 Å². The molecular formula is C11H13NO3S. The predicted molar refractivity (Wildman–Crippen MR) is 60.8 cm³/mol. The number of thiophene rings is 1. The first-order valence-electron chi connectivity index (χ1n) is 5.17. The SMILES string of the molecule is Cc1ccc(C(=O)N(CC(=O)O)C2CC2)s1. The molecule has 0 spiro atoms. The average molecular weight is 239 g/mol. The quantitative estimate of drug-likeness (QED) is 0.870. The summed E-state index contributed by atoms with van der Waals surface area (Å²) in [6, 6.07) is 3.77. The summed E-state index contributed by atoms with van der Waals surface area (Å²) < 4.78 is 0. The van der Waals surface area contributed by atoms with Crippen molar-refractivity contribution in [3.8, 4) is 0 Å². The van der Waals surface area contributed by atoms with Crippen molar-refractivity contribution in [1.82, 2.24) is 4.90 Å². The van der Waals surface area contributed by atoms with E-state index in [0.29, 0.717) is 4.88 Å². The first-order chi connectivity index (χ1) is 7.58. The summed E-state index contributed by atoms with van der Waals surface area (Å²) in [6.45, 7) is 1.74. The third kappa shape index (κ3) is 2.41. The Morgan fingerprint density at radius 1 is 1.50 bits per heavy atom. The molecule has 1 amide bonds. The van der Waals surface area contributed by atoms with E-state index in [0.717, 1.165) is 17.7 Å². The molecule has 0 aromatic carbocycles. The van der Waals surface area contributed by atoms with E-state index in [9.17, 15) is 9.59 Å². The highest BCUT2D eigenvalue weighted by atomic mass is 32.1. The molecule has 86 valence electrons. The van der Waals surface area contributed by atoms with E-state index in [1.807, 2.05) is 13.0 Å². The largest absolute Gasteiger partial charge is 0.480 e. The van der Waals surface area contributed by atoms with Gasteiger partial charge in [0.25, 0.3) is 5.91 Å². The molecule has 1 saturated carbocycles. The van der Waals surface area contributed by atoms with E-state index in [-0.39, 0.29) is 18.5 Å². The maximum absolute atomic E-state index is 12.0. The fourth-order valence-corrected chi connectivity index (χ4v) is 2.41. The van der Waals surface area contributed by atoms with Crippen LogP contribution in [-0.4, -0.2) is 34.5 Å². The predicted octanol–water partition coefficient (Wildman–Crippen LogP) is 1.75. The summed E-state index contributed by atoms with van der Waals surface area (Å²) in [4.78, 5) is 25.9. The molecule has 0 atom stereocenters. The number of hydrogen-bond donors (Lipinski definition) is 1. The van der Waals surface area contributed by atoms with Crippen LogP contribution < -0.4 is 0 Å². The highest BCUT2D eigenvalue weighted by molar-refractivity contribution is 7.13. The summed E-state index contributed by atoms with van der Waals surface area (Å²) in [5, 5.41) is 8.77. The molecule has 1 aromatic heterocycles. The van der Waals surface area contributed by atoms with Gasteiger partial charge in [0, 0.05) is 10.9 Å².